The number of amides is 2. The number of para-hydroxylation sites is 1. The zero-order valence-electron chi connectivity index (χ0n) is 15.7. The standard InChI is InChI=1S/C19H16ClF2N5O2S/c1-27-16(9-17(28)24-15-5-3-2-4-14(15)22)25-26-19(27)30-10-18(29)23-11-6-7-13(21)12(20)8-11/h2-8H,9-10H2,1H3,(H,23,29)(H,24,28). The SMILES string of the molecule is Cn1c(CC(=O)Nc2ccccc2F)nnc1SCC(=O)Nc1ccc(F)c(Cl)c1. The Balaban J connectivity index is 1.54. The highest BCUT2D eigenvalue weighted by atomic mass is 35.5. The summed E-state index contributed by atoms with van der Waals surface area (Å²) in [5.74, 6) is -1.52. The highest BCUT2D eigenvalue weighted by Gasteiger charge is 2.15. The molecule has 3 rings (SSSR count). The van der Waals surface area contributed by atoms with Crippen LogP contribution in [-0.4, -0.2) is 32.3 Å². The second-order valence-corrected chi connectivity index (χ2v) is 7.48. The van der Waals surface area contributed by atoms with Gasteiger partial charge >= 0.3 is 0 Å². The minimum atomic E-state index is -0.574. The van der Waals surface area contributed by atoms with E-state index in [1.165, 1.54) is 30.3 Å². The monoisotopic (exact) mass is 451 g/mol. The summed E-state index contributed by atoms with van der Waals surface area (Å²) in [6.07, 6.45) is -0.112. The maximum atomic E-state index is 13.6. The molecule has 1 heterocycles. The molecule has 30 heavy (non-hydrogen) atoms. The zero-order chi connectivity index (χ0) is 21.7. The molecule has 2 aromatic carbocycles. The third-order valence-electron chi connectivity index (χ3n) is 3.93. The maximum absolute atomic E-state index is 13.6. The lowest BCUT2D eigenvalue weighted by Gasteiger charge is -2.07. The Morgan fingerprint density at radius 1 is 1.07 bits per heavy atom. The highest BCUT2D eigenvalue weighted by Crippen LogP contribution is 2.21. The second-order valence-electron chi connectivity index (χ2n) is 6.13. The Kier molecular flexibility index (Phi) is 7.01. The van der Waals surface area contributed by atoms with Crippen LogP contribution >= 0.6 is 23.4 Å². The van der Waals surface area contributed by atoms with Gasteiger partial charge in [-0.15, -0.1) is 10.2 Å². The fourth-order valence-electron chi connectivity index (χ4n) is 2.43. The van der Waals surface area contributed by atoms with E-state index in [0.29, 0.717) is 16.7 Å². The van der Waals surface area contributed by atoms with E-state index >= 15 is 0 Å². The van der Waals surface area contributed by atoms with Crippen molar-refractivity contribution in [3.63, 3.8) is 0 Å². The number of nitrogens with one attached hydrogen (secondary N) is 2. The number of carbonyl (C=O) groups is 2. The molecule has 0 aliphatic rings. The van der Waals surface area contributed by atoms with Gasteiger partial charge in [-0.2, -0.15) is 0 Å². The Morgan fingerprint density at radius 2 is 1.83 bits per heavy atom. The van der Waals surface area contributed by atoms with Gasteiger partial charge in [0.2, 0.25) is 11.8 Å². The van der Waals surface area contributed by atoms with Gasteiger partial charge in [-0.3, -0.25) is 9.59 Å². The Morgan fingerprint density at radius 3 is 2.57 bits per heavy atom. The molecular formula is C19H16ClF2N5O2S. The average Bonchev–Trinajstić information content (AvgIpc) is 3.04. The number of nitrogens with zero attached hydrogens (tertiary/aromatic N) is 3. The van der Waals surface area contributed by atoms with Crippen molar-refractivity contribution in [3.05, 3.63) is 64.9 Å². The molecule has 0 radical (unpaired) electrons. The molecule has 0 unspecified atom stereocenters. The molecule has 0 aliphatic heterocycles. The molecule has 3 aromatic rings. The molecule has 0 bridgehead atoms. The van der Waals surface area contributed by atoms with E-state index in [1.807, 2.05) is 0 Å². The lowest BCUT2D eigenvalue weighted by molar-refractivity contribution is -0.116. The lowest BCUT2D eigenvalue weighted by Crippen LogP contribution is -2.18. The van der Waals surface area contributed by atoms with Crippen LogP contribution in [0.15, 0.2) is 47.6 Å². The largest absolute Gasteiger partial charge is 0.325 e. The van der Waals surface area contributed by atoms with Gasteiger partial charge in [0.05, 0.1) is 22.9 Å². The molecule has 0 spiro atoms. The fraction of sp³-hybridized carbons (Fsp3) is 0.158. The minimum Gasteiger partial charge on any atom is -0.325 e. The normalized spacial score (nSPS) is 10.7. The Labute approximate surface area is 179 Å². The van der Waals surface area contributed by atoms with Crippen molar-refractivity contribution >= 4 is 46.6 Å². The van der Waals surface area contributed by atoms with Crippen molar-refractivity contribution in [2.75, 3.05) is 16.4 Å². The molecule has 2 amide bonds. The summed E-state index contributed by atoms with van der Waals surface area (Å²) in [5, 5.41) is 13.3. The fourth-order valence-corrected chi connectivity index (χ4v) is 3.34. The van der Waals surface area contributed by atoms with Crippen LogP contribution in [-0.2, 0) is 23.1 Å². The van der Waals surface area contributed by atoms with Crippen molar-refractivity contribution < 1.29 is 18.4 Å². The number of anilines is 2. The average molecular weight is 452 g/mol. The predicted octanol–water partition coefficient (Wildman–Crippen LogP) is 3.66. The van der Waals surface area contributed by atoms with E-state index in [4.69, 9.17) is 11.6 Å². The number of halogens is 3. The van der Waals surface area contributed by atoms with Gasteiger partial charge in [0.15, 0.2) is 5.16 Å². The highest BCUT2D eigenvalue weighted by molar-refractivity contribution is 7.99. The van der Waals surface area contributed by atoms with Crippen LogP contribution in [0.1, 0.15) is 5.82 Å². The van der Waals surface area contributed by atoms with Gasteiger partial charge < -0.3 is 15.2 Å². The summed E-state index contributed by atoms with van der Waals surface area (Å²) in [4.78, 5) is 24.2. The first-order valence-corrected chi connectivity index (χ1v) is 10.00. The molecule has 0 aliphatic carbocycles. The summed E-state index contributed by atoms with van der Waals surface area (Å²) >= 11 is 6.80. The quantitative estimate of drug-likeness (QED) is 0.535. The van der Waals surface area contributed by atoms with E-state index < -0.39 is 17.5 Å². The van der Waals surface area contributed by atoms with Crippen molar-refractivity contribution in [1.82, 2.24) is 14.8 Å². The Hall–Kier alpha value is -2.98. The summed E-state index contributed by atoms with van der Waals surface area (Å²) < 4.78 is 28.4. The van der Waals surface area contributed by atoms with Gasteiger partial charge in [-0.05, 0) is 30.3 Å². The van der Waals surface area contributed by atoms with Crippen molar-refractivity contribution in [1.29, 1.82) is 0 Å². The number of hydrogen-bond donors (Lipinski definition) is 2. The first kappa shape index (κ1) is 21.7. The number of aromatic nitrogens is 3. The van der Waals surface area contributed by atoms with Crippen molar-refractivity contribution in [2.24, 2.45) is 7.05 Å². The molecule has 0 saturated heterocycles. The van der Waals surface area contributed by atoms with Gasteiger partial charge in [-0.1, -0.05) is 35.5 Å². The molecule has 2 N–H and O–H groups in total. The molecule has 0 fully saturated rings. The van der Waals surface area contributed by atoms with Gasteiger partial charge in [0.25, 0.3) is 0 Å². The molecular weight excluding hydrogens is 436 g/mol. The van der Waals surface area contributed by atoms with Gasteiger partial charge in [0, 0.05) is 12.7 Å². The van der Waals surface area contributed by atoms with Crippen LogP contribution < -0.4 is 10.6 Å². The topological polar surface area (TPSA) is 88.9 Å². The van der Waals surface area contributed by atoms with Crippen LogP contribution in [0.2, 0.25) is 5.02 Å². The smallest absolute Gasteiger partial charge is 0.234 e. The van der Waals surface area contributed by atoms with Crippen LogP contribution in [0.25, 0.3) is 0 Å². The predicted molar refractivity (Wildman–Crippen MR) is 111 cm³/mol. The van der Waals surface area contributed by atoms with E-state index in [-0.39, 0.29) is 28.8 Å². The first-order chi connectivity index (χ1) is 14.3. The number of thioether (sulfide) groups is 1. The van der Waals surface area contributed by atoms with Crippen molar-refractivity contribution in [2.45, 2.75) is 11.6 Å². The minimum absolute atomic E-state index is 0.0163. The number of rotatable bonds is 7. The number of hydrogen-bond acceptors (Lipinski definition) is 5. The van der Waals surface area contributed by atoms with Gasteiger partial charge in [-0.25, -0.2) is 8.78 Å². The van der Waals surface area contributed by atoms with Crippen LogP contribution in [0.4, 0.5) is 20.2 Å². The molecule has 11 heteroatoms. The lowest BCUT2D eigenvalue weighted by atomic mass is 10.3. The third kappa shape index (κ3) is 5.55. The molecule has 0 atom stereocenters. The molecule has 1 aromatic heterocycles. The summed E-state index contributed by atoms with van der Waals surface area (Å²) in [7, 11) is 1.66. The van der Waals surface area contributed by atoms with E-state index in [0.717, 1.165) is 17.8 Å². The number of benzene rings is 2. The molecule has 7 nitrogen and oxygen atoms in total. The summed E-state index contributed by atoms with van der Waals surface area (Å²) in [6.45, 7) is 0. The van der Waals surface area contributed by atoms with Crippen LogP contribution in [0.5, 0.6) is 0 Å². The summed E-state index contributed by atoms with van der Waals surface area (Å²) in [6, 6.07) is 9.72. The third-order valence-corrected chi connectivity index (χ3v) is 5.24. The van der Waals surface area contributed by atoms with Gasteiger partial charge in [0.1, 0.15) is 17.5 Å². The molecule has 0 saturated carbocycles. The first-order valence-electron chi connectivity index (χ1n) is 8.64. The summed E-state index contributed by atoms with van der Waals surface area (Å²) in [5.41, 5.74) is 0.451. The molecule has 156 valence electrons. The van der Waals surface area contributed by atoms with E-state index in [1.54, 1.807) is 17.7 Å². The second kappa shape index (κ2) is 9.68. The number of carbonyl (C=O) groups excluding carboxylic acids is 2. The van der Waals surface area contributed by atoms with Crippen LogP contribution in [0.3, 0.4) is 0 Å². The van der Waals surface area contributed by atoms with Crippen LogP contribution in [0, 0.1) is 11.6 Å². The zero-order valence-corrected chi connectivity index (χ0v) is 17.2. The maximum Gasteiger partial charge on any atom is 0.234 e. The Bertz CT molecular complexity index is 1090. The van der Waals surface area contributed by atoms with E-state index in [9.17, 15) is 18.4 Å². The van der Waals surface area contributed by atoms with E-state index in [2.05, 4.69) is 20.8 Å². The van der Waals surface area contributed by atoms with Crippen molar-refractivity contribution in [3.8, 4) is 0 Å².